The first-order valence-electron chi connectivity index (χ1n) is 9.12. The minimum atomic E-state index is -0.689. The van der Waals surface area contributed by atoms with Crippen LogP contribution >= 0.6 is 0 Å². The van der Waals surface area contributed by atoms with Gasteiger partial charge in [0.2, 0.25) is 5.75 Å². The van der Waals surface area contributed by atoms with Gasteiger partial charge in [0.25, 0.3) is 5.91 Å². The Morgan fingerprint density at radius 1 is 0.839 bits per heavy atom. The van der Waals surface area contributed by atoms with Crippen LogP contribution in [0.4, 0.5) is 5.69 Å². The highest BCUT2D eigenvalue weighted by atomic mass is 16.5. The molecular weight excluding hydrogens is 406 g/mol. The molecule has 166 valence electrons. The number of anilines is 1. The van der Waals surface area contributed by atoms with Crippen molar-refractivity contribution in [1.29, 1.82) is 0 Å². The van der Waals surface area contributed by atoms with Crippen LogP contribution in [-0.2, 0) is 14.3 Å². The zero-order valence-corrected chi connectivity index (χ0v) is 18.0. The van der Waals surface area contributed by atoms with Gasteiger partial charge in [-0.3, -0.25) is 4.79 Å². The molecule has 0 saturated carbocycles. The van der Waals surface area contributed by atoms with Gasteiger partial charge < -0.3 is 33.7 Å². The summed E-state index contributed by atoms with van der Waals surface area (Å²) in [7, 11) is 7.49. The van der Waals surface area contributed by atoms with Crippen molar-refractivity contribution in [3.8, 4) is 28.7 Å². The number of methoxy groups -OCH3 is 5. The van der Waals surface area contributed by atoms with E-state index in [2.05, 4.69) is 5.32 Å². The number of carbonyl (C=O) groups excluding carboxylic acids is 2. The Hall–Kier alpha value is -3.88. The summed E-state index contributed by atoms with van der Waals surface area (Å²) in [6.45, 7) is -0.465. The number of hydrogen-bond donors (Lipinski definition) is 1. The normalized spacial score (nSPS) is 10.4. The molecule has 9 nitrogen and oxygen atoms in total. The van der Waals surface area contributed by atoms with Gasteiger partial charge in [-0.1, -0.05) is 0 Å². The van der Waals surface area contributed by atoms with Crippen molar-refractivity contribution in [3.05, 3.63) is 42.0 Å². The third-order valence-corrected chi connectivity index (χ3v) is 4.13. The van der Waals surface area contributed by atoms with E-state index in [9.17, 15) is 9.59 Å². The highest BCUT2D eigenvalue weighted by Crippen LogP contribution is 2.38. The first kappa shape index (κ1) is 23.4. The smallest absolute Gasteiger partial charge is 0.331 e. The quantitative estimate of drug-likeness (QED) is 0.453. The van der Waals surface area contributed by atoms with Gasteiger partial charge in [-0.05, 0) is 35.9 Å². The van der Waals surface area contributed by atoms with Crippen LogP contribution < -0.4 is 29.0 Å². The number of ether oxygens (including phenoxy) is 6. The summed E-state index contributed by atoms with van der Waals surface area (Å²) in [6, 6.07) is 8.27. The maximum absolute atomic E-state index is 12.1. The van der Waals surface area contributed by atoms with Crippen molar-refractivity contribution in [2.24, 2.45) is 0 Å². The topological polar surface area (TPSA) is 102 Å². The number of esters is 1. The van der Waals surface area contributed by atoms with E-state index >= 15 is 0 Å². The fourth-order valence-corrected chi connectivity index (χ4v) is 2.63. The molecule has 2 rings (SSSR count). The van der Waals surface area contributed by atoms with Crippen molar-refractivity contribution in [2.45, 2.75) is 0 Å². The average molecular weight is 431 g/mol. The molecule has 0 bridgehead atoms. The van der Waals surface area contributed by atoms with Crippen LogP contribution in [0.25, 0.3) is 6.08 Å². The highest BCUT2D eigenvalue weighted by molar-refractivity contribution is 5.95. The molecule has 0 fully saturated rings. The maximum Gasteiger partial charge on any atom is 0.331 e. The van der Waals surface area contributed by atoms with Gasteiger partial charge in [0.15, 0.2) is 18.1 Å². The van der Waals surface area contributed by atoms with E-state index in [-0.39, 0.29) is 0 Å². The van der Waals surface area contributed by atoms with Crippen LogP contribution in [0.3, 0.4) is 0 Å². The predicted molar refractivity (Wildman–Crippen MR) is 114 cm³/mol. The zero-order valence-electron chi connectivity index (χ0n) is 18.0. The summed E-state index contributed by atoms with van der Waals surface area (Å²) >= 11 is 0. The fraction of sp³-hybridized carbons (Fsp3) is 0.273. The molecule has 31 heavy (non-hydrogen) atoms. The van der Waals surface area contributed by atoms with Crippen LogP contribution in [0.1, 0.15) is 5.56 Å². The Bertz CT molecular complexity index is 930. The lowest BCUT2D eigenvalue weighted by Crippen LogP contribution is -2.20. The maximum atomic E-state index is 12.1. The number of carbonyl (C=O) groups is 2. The number of benzene rings is 2. The van der Waals surface area contributed by atoms with E-state index in [1.165, 1.54) is 47.7 Å². The molecule has 0 spiro atoms. The lowest BCUT2D eigenvalue weighted by Gasteiger charge is -2.12. The molecule has 0 radical (unpaired) electrons. The van der Waals surface area contributed by atoms with Crippen molar-refractivity contribution in [2.75, 3.05) is 47.5 Å². The van der Waals surface area contributed by atoms with Crippen LogP contribution in [0.2, 0.25) is 0 Å². The zero-order chi connectivity index (χ0) is 22.8. The molecule has 0 saturated heterocycles. The lowest BCUT2D eigenvalue weighted by atomic mass is 10.1. The van der Waals surface area contributed by atoms with Gasteiger partial charge in [0, 0.05) is 12.1 Å². The van der Waals surface area contributed by atoms with Crippen LogP contribution in [0, 0.1) is 0 Å². The number of rotatable bonds is 10. The largest absolute Gasteiger partial charge is 0.497 e. The summed E-state index contributed by atoms with van der Waals surface area (Å²) < 4.78 is 31.1. The molecule has 1 amide bonds. The van der Waals surface area contributed by atoms with Crippen molar-refractivity contribution >= 4 is 23.6 Å². The molecular formula is C22H25NO8. The van der Waals surface area contributed by atoms with Gasteiger partial charge in [-0.25, -0.2) is 4.79 Å². The monoisotopic (exact) mass is 431 g/mol. The minimum Gasteiger partial charge on any atom is -0.497 e. The second-order valence-electron chi connectivity index (χ2n) is 6.01. The SMILES string of the molecule is COc1ccc(NC(=O)COC(=O)C=Cc2cc(OC)c(OC)c(OC)c2)c(OC)c1. The van der Waals surface area contributed by atoms with E-state index in [0.29, 0.717) is 40.0 Å². The molecule has 0 aromatic heterocycles. The summed E-state index contributed by atoms with van der Waals surface area (Å²) in [5, 5.41) is 2.62. The van der Waals surface area contributed by atoms with Gasteiger partial charge in [-0.2, -0.15) is 0 Å². The molecule has 0 aliphatic heterocycles. The third kappa shape index (κ3) is 6.30. The van der Waals surface area contributed by atoms with E-state index < -0.39 is 18.5 Å². The standard InChI is InChI=1S/C22H25NO8/c1-26-15-7-8-16(17(12-15)27-2)23-20(24)13-31-21(25)9-6-14-10-18(28-3)22(30-5)19(11-14)29-4/h6-12H,13H2,1-5H3,(H,23,24). The second kappa shape index (κ2) is 11.3. The molecule has 2 aromatic carbocycles. The van der Waals surface area contributed by atoms with Crippen LogP contribution in [-0.4, -0.2) is 54.0 Å². The van der Waals surface area contributed by atoms with Crippen LogP contribution in [0.15, 0.2) is 36.4 Å². The van der Waals surface area contributed by atoms with E-state index in [1.807, 2.05) is 0 Å². The molecule has 0 unspecified atom stereocenters. The Labute approximate surface area is 180 Å². The predicted octanol–water partition coefficient (Wildman–Crippen LogP) is 2.92. The number of nitrogens with one attached hydrogen (secondary N) is 1. The second-order valence-corrected chi connectivity index (χ2v) is 6.01. The first-order valence-corrected chi connectivity index (χ1v) is 9.12. The fourth-order valence-electron chi connectivity index (χ4n) is 2.63. The molecule has 0 aliphatic carbocycles. The summed E-state index contributed by atoms with van der Waals surface area (Å²) in [6.07, 6.45) is 2.71. The lowest BCUT2D eigenvalue weighted by molar-refractivity contribution is -0.142. The molecule has 2 aromatic rings. The van der Waals surface area contributed by atoms with Crippen molar-refractivity contribution in [1.82, 2.24) is 0 Å². The molecule has 0 atom stereocenters. The van der Waals surface area contributed by atoms with Crippen LogP contribution in [0.5, 0.6) is 28.7 Å². The minimum absolute atomic E-state index is 0.418. The Morgan fingerprint density at radius 2 is 1.48 bits per heavy atom. The molecule has 0 heterocycles. The van der Waals surface area contributed by atoms with E-state index in [1.54, 1.807) is 30.3 Å². The van der Waals surface area contributed by atoms with Crippen molar-refractivity contribution in [3.63, 3.8) is 0 Å². The number of hydrogen-bond acceptors (Lipinski definition) is 8. The third-order valence-electron chi connectivity index (χ3n) is 4.13. The summed E-state index contributed by atoms with van der Waals surface area (Å²) in [5.41, 5.74) is 1.05. The average Bonchev–Trinajstić information content (AvgIpc) is 2.80. The van der Waals surface area contributed by atoms with Gasteiger partial charge in [-0.15, -0.1) is 0 Å². The van der Waals surface area contributed by atoms with Crippen molar-refractivity contribution < 1.29 is 38.0 Å². The van der Waals surface area contributed by atoms with Gasteiger partial charge >= 0.3 is 5.97 Å². The Kier molecular flexibility index (Phi) is 8.56. The highest BCUT2D eigenvalue weighted by Gasteiger charge is 2.13. The van der Waals surface area contributed by atoms with E-state index in [0.717, 1.165) is 0 Å². The summed E-state index contributed by atoms with van der Waals surface area (Å²) in [5.74, 6) is 1.13. The number of amides is 1. The van der Waals surface area contributed by atoms with E-state index in [4.69, 9.17) is 28.4 Å². The Balaban J connectivity index is 1.97. The first-order chi connectivity index (χ1) is 14.9. The molecule has 1 N–H and O–H groups in total. The molecule has 0 aliphatic rings. The van der Waals surface area contributed by atoms with Gasteiger partial charge in [0.05, 0.1) is 41.2 Å². The van der Waals surface area contributed by atoms with Gasteiger partial charge in [0.1, 0.15) is 11.5 Å². The summed E-state index contributed by atoms with van der Waals surface area (Å²) in [4.78, 5) is 24.1. The Morgan fingerprint density at radius 3 is 2.03 bits per heavy atom. The molecule has 9 heteroatoms.